The highest BCUT2D eigenvalue weighted by Crippen LogP contribution is 2.58. The number of hydrogen-bond donors (Lipinski definition) is 3. The van der Waals surface area contributed by atoms with Crippen LogP contribution < -0.4 is 5.06 Å². The molecule has 170 valence electrons. The van der Waals surface area contributed by atoms with Crippen molar-refractivity contribution in [2.24, 2.45) is 0 Å². The molecule has 32 heavy (non-hydrogen) atoms. The molecule has 0 unspecified atom stereocenters. The Labute approximate surface area is 187 Å². The minimum Gasteiger partial charge on any atom is -0.506 e. The molecule has 1 aromatic heterocycles. The quantitative estimate of drug-likeness (QED) is 0.415. The van der Waals surface area contributed by atoms with Crippen molar-refractivity contribution in [2.75, 3.05) is 5.06 Å². The minimum absolute atomic E-state index is 0.0256. The fourth-order valence-corrected chi connectivity index (χ4v) is 4.96. The van der Waals surface area contributed by atoms with Gasteiger partial charge in [-0.05, 0) is 54.7 Å². The normalized spacial score (nSPS) is 22.6. The van der Waals surface area contributed by atoms with E-state index in [0.29, 0.717) is 21.7 Å². The van der Waals surface area contributed by atoms with Gasteiger partial charge in [0.1, 0.15) is 11.8 Å². The molecular formula is C23H22ClF3N2O3. The zero-order valence-corrected chi connectivity index (χ0v) is 18.3. The molecule has 0 bridgehead atoms. The molecule has 0 saturated carbocycles. The molecule has 0 radical (unpaired) electrons. The van der Waals surface area contributed by atoms with Gasteiger partial charge in [-0.1, -0.05) is 37.6 Å². The number of hydroxylamine groups is 1. The zero-order valence-electron chi connectivity index (χ0n) is 17.6. The van der Waals surface area contributed by atoms with E-state index in [4.69, 9.17) is 11.6 Å². The summed E-state index contributed by atoms with van der Waals surface area (Å²) in [4.78, 5) is 4.36. The van der Waals surface area contributed by atoms with Gasteiger partial charge in [0.05, 0.1) is 16.2 Å². The molecule has 5 nitrogen and oxygen atoms in total. The van der Waals surface area contributed by atoms with Crippen molar-refractivity contribution < 1.29 is 28.6 Å². The number of aromatic hydroxyl groups is 1. The topological polar surface area (TPSA) is 76.8 Å². The van der Waals surface area contributed by atoms with E-state index in [2.05, 4.69) is 4.98 Å². The van der Waals surface area contributed by atoms with Crippen LogP contribution >= 0.6 is 11.6 Å². The number of halogens is 4. The summed E-state index contributed by atoms with van der Waals surface area (Å²) in [5, 5.41) is 33.8. The Bertz CT molecular complexity index is 1220. The Kier molecular flexibility index (Phi) is 5.11. The third-order valence-electron chi connectivity index (χ3n) is 6.13. The molecule has 2 aromatic carbocycles. The molecular weight excluding hydrogens is 445 g/mol. The van der Waals surface area contributed by atoms with E-state index in [-0.39, 0.29) is 27.6 Å². The lowest BCUT2D eigenvalue weighted by molar-refractivity contribution is -0.282. The first-order valence-electron chi connectivity index (χ1n) is 9.93. The summed E-state index contributed by atoms with van der Waals surface area (Å²) in [5.41, 5.74) is -3.30. The number of rotatable bonds is 2. The first kappa shape index (κ1) is 22.6. The fraction of sp³-hybridized carbons (Fsp3) is 0.348. The second-order valence-electron chi connectivity index (χ2n) is 8.89. The third kappa shape index (κ3) is 3.29. The Hall–Kier alpha value is -2.55. The summed E-state index contributed by atoms with van der Waals surface area (Å²) in [6.45, 7) is 4.75. The van der Waals surface area contributed by atoms with Gasteiger partial charge >= 0.3 is 6.18 Å². The van der Waals surface area contributed by atoms with Gasteiger partial charge in [-0.3, -0.25) is 10.2 Å². The van der Waals surface area contributed by atoms with Crippen molar-refractivity contribution >= 4 is 28.2 Å². The number of phenolic OH excluding ortho intramolecular Hbond substituents is 1. The van der Waals surface area contributed by atoms with Crippen LogP contribution in [0.2, 0.25) is 5.02 Å². The number of phenols is 1. The largest absolute Gasteiger partial charge is 0.506 e. The Morgan fingerprint density at radius 3 is 2.47 bits per heavy atom. The van der Waals surface area contributed by atoms with Crippen LogP contribution in [-0.4, -0.2) is 32.2 Å². The second-order valence-corrected chi connectivity index (χ2v) is 9.29. The van der Waals surface area contributed by atoms with Crippen molar-refractivity contribution in [3.63, 3.8) is 0 Å². The van der Waals surface area contributed by atoms with Crippen molar-refractivity contribution in [3.8, 4) is 5.75 Å². The number of anilines is 1. The third-order valence-corrected chi connectivity index (χ3v) is 6.43. The summed E-state index contributed by atoms with van der Waals surface area (Å²) < 4.78 is 43.0. The number of benzene rings is 2. The predicted octanol–water partition coefficient (Wildman–Crippen LogP) is 5.81. The number of hydrogen-bond acceptors (Lipinski definition) is 5. The second kappa shape index (κ2) is 7.23. The van der Waals surface area contributed by atoms with E-state index in [9.17, 15) is 28.6 Å². The lowest BCUT2D eigenvalue weighted by Gasteiger charge is -2.50. The predicted molar refractivity (Wildman–Crippen MR) is 115 cm³/mol. The Morgan fingerprint density at radius 1 is 1.12 bits per heavy atom. The molecule has 0 spiro atoms. The SMILES string of the molecule is Cc1ccc2c(N(O)[C@@H]3c4ccc(Cl)c(O)c4C(C)(C)C[C@]3(O)C(F)(F)F)cccc2n1. The van der Waals surface area contributed by atoms with Crippen LogP contribution in [0.15, 0.2) is 42.5 Å². The molecule has 1 aliphatic carbocycles. The number of aromatic nitrogens is 1. The maximum Gasteiger partial charge on any atom is 0.419 e. The van der Waals surface area contributed by atoms with Crippen molar-refractivity contribution in [1.82, 2.24) is 4.98 Å². The lowest BCUT2D eigenvalue weighted by atomic mass is 9.63. The highest BCUT2D eigenvalue weighted by Gasteiger charge is 2.66. The summed E-state index contributed by atoms with van der Waals surface area (Å²) in [5.74, 6) is -0.369. The van der Waals surface area contributed by atoms with Gasteiger partial charge in [-0.2, -0.15) is 13.2 Å². The Morgan fingerprint density at radius 2 is 1.81 bits per heavy atom. The standard InChI is InChI=1S/C23H22ClF3N2O3/c1-12-7-8-13-16(28-12)5-4-6-17(13)29(32)20-14-9-10-15(24)19(30)18(14)21(2,3)11-22(20,31)23(25,26)27/h4-10,20,30-32H,11H2,1-3H3/t20-,22-/m1/s1. The first-order valence-corrected chi connectivity index (χ1v) is 10.3. The number of pyridine rings is 1. The summed E-state index contributed by atoms with van der Waals surface area (Å²) in [6, 6.07) is 8.62. The molecule has 2 atom stereocenters. The number of alkyl halides is 3. The number of nitrogens with zero attached hydrogens (tertiary/aromatic N) is 2. The smallest absolute Gasteiger partial charge is 0.419 e. The van der Waals surface area contributed by atoms with E-state index >= 15 is 0 Å². The molecule has 0 fully saturated rings. The molecule has 0 saturated heterocycles. The highest BCUT2D eigenvalue weighted by molar-refractivity contribution is 6.32. The van der Waals surface area contributed by atoms with Crippen LogP contribution in [0.4, 0.5) is 18.9 Å². The average Bonchev–Trinajstić information content (AvgIpc) is 2.68. The molecule has 0 amide bonds. The lowest BCUT2D eigenvalue weighted by Crippen LogP contribution is -2.60. The maximum atomic E-state index is 14.3. The molecule has 1 aliphatic rings. The van der Waals surface area contributed by atoms with Gasteiger partial charge in [-0.25, -0.2) is 5.06 Å². The molecule has 1 heterocycles. The summed E-state index contributed by atoms with van der Waals surface area (Å²) >= 11 is 6.05. The van der Waals surface area contributed by atoms with E-state index in [1.807, 2.05) is 0 Å². The van der Waals surface area contributed by atoms with Crippen molar-refractivity contribution in [2.45, 2.75) is 50.4 Å². The highest BCUT2D eigenvalue weighted by atomic mass is 35.5. The van der Waals surface area contributed by atoms with Crippen molar-refractivity contribution in [3.05, 3.63) is 64.3 Å². The van der Waals surface area contributed by atoms with Gasteiger partial charge in [0, 0.05) is 16.6 Å². The summed E-state index contributed by atoms with van der Waals surface area (Å²) in [6.07, 6.45) is -5.88. The van der Waals surface area contributed by atoms with Crippen LogP contribution in [0.3, 0.4) is 0 Å². The summed E-state index contributed by atoms with van der Waals surface area (Å²) in [7, 11) is 0. The molecule has 9 heteroatoms. The van der Waals surface area contributed by atoms with Crippen LogP contribution in [0.5, 0.6) is 5.75 Å². The molecule has 3 N–H and O–H groups in total. The van der Waals surface area contributed by atoms with Crippen molar-refractivity contribution in [1.29, 1.82) is 0 Å². The van der Waals surface area contributed by atoms with Gasteiger partial charge in [-0.15, -0.1) is 0 Å². The van der Waals surface area contributed by atoms with Gasteiger partial charge in [0.25, 0.3) is 0 Å². The first-order chi connectivity index (χ1) is 14.8. The van der Waals surface area contributed by atoms with Gasteiger partial charge in [0.15, 0.2) is 5.60 Å². The average molecular weight is 467 g/mol. The fourth-order valence-electron chi connectivity index (χ4n) is 4.81. The monoisotopic (exact) mass is 466 g/mol. The van der Waals surface area contributed by atoms with Crippen LogP contribution in [-0.2, 0) is 5.41 Å². The zero-order chi connectivity index (χ0) is 23.6. The minimum atomic E-state index is -5.08. The van der Waals surface area contributed by atoms with Gasteiger partial charge < -0.3 is 10.2 Å². The van der Waals surface area contributed by atoms with Gasteiger partial charge in [0.2, 0.25) is 0 Å². The van der Waals surface area contributed by atoms with Crippen LogP contribution in [0, 0.1) is 6.92 Å². The number of aryl methyl sites for hydroxylation is 1. The molecule has 4 rings (SSSR count). The van der Waals surface area contributed by atoms with E-state index in [1.165, 1.54) is 32.0 Å². The Balaban J connectivity index is 2.02. The van der Waals surface area contributed by atoms with Crippen LogP contribution in [0.1, 0.15) is 43.1 Å². The number of aliphatic hydroxyl groups is 1. The van der Waals surface area contributed by atoms with Crippen LogP contribution in [0.25, 0.3) is 10.9 Å². The number of fused-ring (bicyclic) bond motifs is 2. The van der Waals surface area contributed by atoms with E-state index in [0.717, 1.165) is 0 Å². The molecule has 0 aliphatic heterocycles. The van der Waals surface area contributed by atoms with E-state index < -0.39 is 29.7 Å². The van der Waals surface area contributed by atoms with E-state index in [1.54, 1.807) is 31.2 Å². The maximum absolute atomic E-state index is 14.3. The molecule has 3 aromatic rings.